The molecule has 1 N–H and O–H groups in total. The summed E-state index contributed by atoms with van der Waals surface area (Å²) in [6, 6.07) is 16.1. The van der Waals surface area contributed by atoms with E-state index in [2.05, 4.69) is 20.7 Å². The lowest BCUT2D eigenvalue weighted by Gasteiger charge is -2.20. The van der Waals surface area contributed by atoms with Crippen LogP contribution < -0.4 is 4.74 Å². The molecule has 0 saturated carbocycles. The second-order valence-corrected chi connectivity index (χ2v) is 9.93. The van der Waals surface area contributed by atoms with Gasteiger partial charge >= 0.3 is 0 Å². The summed E-state index contributed by atoms with van der Waals surface area (Å²) in [6.45, 7) is 9.32. The van der Waals surface area contributed by atoms with Crippen molar-refractivity contribution < 1.29 is 9.53 Å². The molecule has 0 spiro atoms. The van der Waals surface area contributed by atoms with Crippen molar-refractivity contribution >= 4 is 50.7 Å². The Morgan fingerprint density at radius 2 is 1.94 bits per heavy atom. The van der Waals surface area contributed by atoms with Crippen LogP contribution in [-0.2, 0) is 11.3 Å². The second-order valence-electron chi connectivity index (χ2n) is 8.95. The van der Waals surface area contributed by atoms with Crippen LogP contribution in [0.15, 0.2) is 64.2 Å². The number of hydrogen-bond donors (Lipinski definition) is 1. The van der Waals surface area contributed by atoms with Crippen molar-refractivity contribution in [1.82, 2.24) is 9.58 Å². The van der Waals surface area contributed by atoms with E-state index in [4.69, 9.17) is 10.1 Å². The van der Waals surface area contributed by atoms with Crippen molar-refractivity contribution in [3.8, 4) is 5.75 Å². The minimum atomic E-state index is -0.409. The van der Waals surface area contributed by atoms with Crippen LogP contribution in [0.4, 0.5) is 0 Å². The number of hydrogen-bond acceptors (Lipinski definition) is 5. The Morgan fingerprint density at radius 3 is 2.71 bits per heavy atom. The quantitative estimate of drug-likeness (QED) is 0.460. The fraction of sp³-hybridized carbons (Fsp3) is 0.259. The highest BCUT2D eigenvalue weighted by Crippen LogP contribution is 2.33. The van der Waals surface area contributed by atoms with Gasteiger partial charge in [0.15, 0.2) is 5.84 Å². The normalized spacial score (nSPS) is 16.8. The summed E-state index contributed by atoms with van der Waals surface area (Å²) < 4.78 is 8.20. The molecule has 0 atom stereocenters. The van der Waals surface area contributed by atoms with Crippen molar-refractivity contribution in [1.29, 1.82) is 5.41 Å². The number of nitrogens with zero attached hydrogens (tertiary/aromatic N) is 4. The van der Waals surface area contributed by atoms with Crippen LogP contribution in [0.25, 0.3) is 17.0 Å². The third-order valence-corrected chi connectivity index (χ3v) is 7.31. The Labute approximate surface area is 208 Å². The van der Waals surface area contributed by atoms with Crippen LogP contribution in [0.5, 0.6) is 5.75 Å². The number of ether oxygens (including phenoxy) is 1. The molecule has 7 nitrogen and oxygen atoms in total. The summed E-state index contributed by atoms with van der Waals surface area (Å²) in [5.74, 6) is 0.696. The van der Waals surface area contributed by atoms with Gasteiger partial charge in [0.2, 0.25) is 5.17 Å². The van der Waals surface area contributed by atoms with Gasteiger partial charge in [-0.25, -0.2) is 0 Å². The molecule has 1 amide bonds. The van der Waals surface area contributed by atoms with Crippen molar-refractivity contribution in [2.75, 3.05) is 6.61 Å². The fourth-order valence-electron chi connectivity index (χ4n) is 4.27. The first-order valence-electron chi connectivity index (χ1n) is 11.6. The number of carbonyl (C=O) groups excluding carboxylic acids is 1. The summed E-state index contributed by atoms with van der Waals surface area (Å²) in [4.78, 5) is 17.2. The lowest BCUT2D eigenvalue weighted by atomic mass is 10.1. The predicted octanol–water partition coefficient (Wildman–Crippen LogP) is 5.61. The Hall–Kier alpha value is -3.65. The third kappa shape index (κ3) is 4.30. The summed E-state index contributed by atoms with van der Waals surface area (Å²) in [6.07, 6.45) is 1.79. The number of thioether (sulfide) groups is 1. The SMILES string of the molecule is Cc1cccc(OCCn2c(C)c(/C=C3\C(=N)N4N=C(C(C)C)SC4=NC3=O)c3ccccc32)c1. The smallest absolute Gasteiger partial charge is 0.283 e. The number of aryl methyl sites for hydroxylation is 1. The summed E-state index contributed by atoms with van der Waals surface area (Å²) in [5, 5.41) is 17.0. The molecule has 5 rings (SSSR count). The lowest BCUT2D eigenvalue weighted by molar-refractivity contribution is -0.114. The standard InChI is InChI=1S/C27H27N5O2S/c1-16(2)26-30-32-24(28)22(25(33)29-27(32)35-26)15-21-18(4)31(23-11-6-5-10-20(21)23)12-13-34-19-9-7-8-17(3)14-19/h5-11,14-16,28H,12-13H2,1-4H3/b22-15+,28-24?. The number of rotatable bonds is 6. The molecule has 0 saturated heterocycles. The number of aromatic nitrogens is 1. The van der Waals surface area contributed by atoms with Crippen molar-refractivity contribution in [2.24, 2.45) is 16.0 Å². The molecule has 0 bridgehead atoms. The summed E-state index contributed by atoms with van der Waals surface area (Å²) in [7, 11) is 0. The van der Waals surface area contributed by atoms with Gasteiger partial charge in [0, 0.05) is 28.1 Å². The van der Waals surface area contributed by atoms with Crippen LogP contribution in [0.3, 0.4) is 0 Å². The number of aliphatic imine (C=N–C) groups is 1. The Kier molecular flexibility index (Phi) is 6.06. The highest BCUT2D eigenvalue weighted by molar-refractivity contribution is 8.27. The molecule has 0 aliphatic carbocycles. The maximum Gasteiger partial charge on any atom is 0.283 e. The van der Waals surface area contributed by atoms with E-state index in [1.165, 1.54) is 16.8 Å². The van der Waals surface area contributed by atoms with Gasteiger partial charge in [-0.3, -0.25) is 10.2 Å². The van der Waals surface area contributed by atoms with Crippen LogP contribution in [-0.4, -0.2) is 38.1 Å². The molecule has 35 heavy (non-hydrogen) atoms. The number of amides is 1. The van der Waals surface area contributed by atoms with Crippen LogP contribution in [0.1, 0.15) is 30.7 Å². The summed E-state index contributed by atoms with van der Waals surface area (Å²) >= 11 is 1.36. The van der Waals surface area contributed by atoms with Gasteiger partial charge in [0.25, 0.3) is 5.91 Å². The number of hydrazone groups is 1. The zero-order valence-corrected chi connectivity index (χ0v) is 21.0. The van der Waals surface area contributed by atoms with E-state index in [9.17, 15) is 4.79 Å². The molecule has 3 aromatic rings. The first-order chi connectivity index (χ1) is 16.8. The predicted molar refractivity (Wildman–Crippen MR) is 143 cm³/mol. The zero-order chi connectivity index (χ0) is 24.7. The highest BCUT2D eigenvalue weighted by atomic mass is 32.2. The number of amidine groups is 2. The first-order valence-corrected chi connectivity index (χ1v) is 12.4. The number of fused-ring (bicyclic) bond motifs is 2. The molecule has 3 heterocycles. The van der Waals surface area contributed by atoms with Gasteiger partial charge in [0.1, 0.15) is 17.4 Å². The molecule has 2 aliphatic heterocycles. The zero-order valence-electron chi connectivity index (χ0n) is 20.2. The average molecular weight is 486 g/mol. The van der Waals surface area contributed by atoms with E-state index >= 15 is 0 Å². The minimum Gasteiger partial charge on any atom is -0.492 e. The van der Waals surface area contributed by atoms with E-state index in [0.717, 1.165) is 38.5 Å². The van der Waals surface area contributed by atoms with Gasteiger partial charge < -0.3 is 9.30 Å². The number of benzene rings is 2. The van der Waals surface area contributed by atoms with Gasteiger partial charge in [-0.2, -0.15) is 15.1 Å². The van der Waals surface area contributed by atoms with Crippen LogP contribution >= 0.6 is 11.8 Å². The van der Waals surface area contributed by atoms with Crippen molar-refractivity contribution in [2.45, 2.75) is 34.2 Å². The molecule has 2 aliphatic rings. The monoisotopic (exact) mass is 485 g/mol. The van der Waals surface area contributed by atoms with E-state index in [1.807, 2.05) is 70.2 Å². The van der Waals surface area contributed by atoms with Crippen molar-refractivity contribution in [3.05, 3.63) is 70.9 Å². The molecular formula is C27H27N5O2S. The maximum absolute atomic E-state index is 12.9. The molecule has 178 valence electrons. The minimum absolute atomic E-state index is 0.0576. The molecule has 0 unspecified atom stereocenters. The van der Waals surface area contributed by atoms with Gasteiger partial charge in [-0.1, -0.05) is 44.2 Å². The van der Waals surface area contributed by atoms with Crippen LogP contribution in [0, 0.1) is 25.2 Å². The van der Waals surface area contributed by atoms with E-state index in [0.29, 0.717) is 18.3 Å². The number of carbonyl (C=O) groups is 1. The number of para-hydroxylation sites is 1. The maximum atomic E-state index is 12.9. The first kappa shape index (κ1) is 23.1. The van der Waals surface area contributed by atoms with Crippen molar-refractivity contribution in [3.63, 3.8) is 0 Å². The topological polar surface area (TPSA) is 83.0 Å². The molecule has 8 heteroatoms. The third-order valence-electron chi connectivity index (χ3n) is 6.11. The van der Waals surface area contributed by atoms with E-state index in [-0.39, 0.29) is 17.3 Å². The molecule has 1 aromatic heterocycles. The lowest BCUT2D eigenvalue weighted by Crippen LogP contribution is -2.35. The van der Waals surface area contributed by atoms with Crippen LogP contribution in [0.2, 0.25) is 0 Å². The highest BCUT2D eigenvalue weighted by Gasteiger charge is 2.36. The largest absolute Gasteiger partial charge is 0.492 e. The average Bonchev–Trinajstić information content (AvgIpc) is 3.37. The Morgan fingerprint density at radius 1 is 1.14 bits per heavy atom. The summed E-state index contributed by atoms with van der Waals surface area (Å²) in [5.41, 5.74) is 4.36. The second kappa shape index (κ2) is 9.19. The van der Waals surface area contributed by atoms with Gasteiger partial charge in [-0.15, -0.1) is 0 Å². The van der Waals surface area contributed by atoms with E-state index < -0.39 is 5.91 Å². The molecule has 0 fully saturated rings. The fourth-order valence-corrected chi connectivity index (χ4v) is 5.16. The van der Waals surface area contributed by atoms with Gasteiger partial charge in [-0.05, 0) is 55.4 Å². The number of nitrogens with one attached hydrogen (secondary N) is 1. The Bertz CT molecular complexity index is 1450. The molecule has 0 radical (unpaired) electrons. The van der Waals surface area contributed by atoms with Gasteiger partial charge in [0.05, 0.1) is 12.1 Å². The Balaban J connectivity index is 1.48. The van der Waals surface area contributed by atoms with E-state index in [1.54, 1.807) is 6.08 Å². The molecule has 2 aromatic carbocycles. The molecular weight excluding hydrogens is 458 g/mol.